The molecule has 0 unspecified atom stereocenters. The van der Waals surface area contributed by atoms with Gasteiger partial charge in [0.25, 0.3) is 5.91 Å². The second kappa shape index (κ2) is 13.8. The van der Waals surface area contributed by atoms with Crippen molar-refractivity contribution < 1.29 is 23.7 Å². The van der Waals surface area contributed by atoms with Crippen molar-refractivity contribution in [2.45, 2.75) is 31.8 Å². The number of ether oxygens (including phenoxy) is 4. The lowest BCUT2D eigenvalue weighted by Gasteiger charge is -2.28. The zero-order chi connectivity index (χ0) is 33.2. The predicted octanol–water partition coefficient (Wildman–Crippen LogP) is 7.44. The number of hydrogen-bond acceptors (Lipinski definition) is 10. The van der Waals surface area contributed by atoms with Crippen LogP contribution < -0.4 is 29.7 Å². The minimum absolute atomic E-state index is 0.163. The second-order valence-electron chi connectivity index (χ2n) is 12.4. The number of fused-ring (bicyclic) bond motifs is 2. The van der Waals surface area contributed by atoms with Crippen LogP contribution in [0.1, 0.15) is 44.7 Å². The van der Waals surface area contributed by atoms with Crippen molar-refractivity contribution in [3.05, 3.63) is 100 Å². The van der Waals surface area contributed by atoms with Gasteiger partial charge in [-0.05, 0) is 90.2 Å². The third kappa shape index (κ3) is 7.04. The molecule has 1 saturated carbocycles. The lowest BCUT2D eigenvalue weighted by atomic mass is 10.0. The van der Waals surface area contributed by atoms with Crippen molar-refractivity contribution in [2.24, 2.45) is 0 Å². The highest BCUT2D eigenvalue weighted by Crippen LogP contribution is 2.42. The number of amides is 1. The number of carbonyl (C=O) groups excluding carboxylic acids is 1. The van der Waals surface area contributed by atoms with Gasteiger partial charge in [0.1, 0.15) is 17.4 Å². The number of nitrogens with zero attached hydrogens (tertiary/aromatic N) is 3. The quantitative estimate of drug-likeness (QED) is 0.148. The number of carbonyl (C=O) groups is 1. The summed E-state index contributed by atoms with van der Waals surface area (Å²) in [6.07, 6.45) is 3.10. The van der Waals surface area contributed by atoms with Gasteiger partial charge >= 0.3 is 0 Å². The first kappa shape index (κ1) is 31.2. The Kier molecular flexibility index (Phi) is 8.76. The van der Waals surface area contributed by atoms with E-state index < -0.39 is 0 Å². The van der Waals surface area contributed by atoms with E-state index in [1.807, 2.05) is 60.7 Å². The Labute approximate surface area is 289 Å². The van der Waals surface area contributed by atoms with Crippen LogP contribution in [0.5, 0.6) is 17.2 Å². The average molecular weight is 676 g/mol. The molecule has 1 aliphatic carbocycles. The molecule has 1 amide bonds. The molecule has 5 aromatic rings. The Morgan fingerprint density at radius 3 is 2.47 bits per heavy atom. The molecular formula is C38H37N5O5S. The molecule has 2 fully saturated rings. The summed E-state index contributed by atoms with van der Waals surface area (Å²) in [6.45, 7) is 4.20. The van der Waals surface area contributed by atoms with Crippen LogP contribution in [0.4, 0.5) is 22.7 Å². The fourth-order valence-electron chi connectivity index (χ4n) is 6.11. The summed E-state index contributed by atoms with van der Waals surface area (Å²) < 4.78 is 23.3. The highest BCUT2D eigenvalue weighted by Gasteiger charge is 2.27. The van der Waals surface area contributed by atoms with Gasteiger partial charge in [0.2, 0.25) is 0 Å². The van der Waals surface area contributed by atoms with Crippen molar-refractivity contribution in [1.29, 1.82) is 0 Å². The SMILES string of the molecule is COc1cc(-c2ccc3c(c2)Nc2ccc(CCOc4ccc(N5CCOCC5)cc4)cc2NC3=O)ccc1OCc1nnc(C2CC2)s1. The summed E-state index contributed by atoms with van der Waals surface area (Å²) in [5.41, 5.74) is 7.00. The van der Waals surface area contributed by atoms with Crippen molar-refractivity contribution in [2.75, 3.05) is 55.6 Å². The Morgan fingerprint density at radius 2 is 1.65 bits per heavy atom. The normalized spacial score (nSPS) is 15.4. The minimum Gasteiger partial charge on any atom is -0.493 e. The first-order valence-corrected chi connectivity index (χ1v) is 17.5. The molecule has 0 bridgehead atoms. The molecule has 4 aromatic carbocycles. The Hall–Kier alpha value is -5.13. The van der Waals surface area contributed by atoms with Gasteiger partial charge in [-0.15, -0.1) is 10.2 Å². The first-order valence-electron chi connectivity index (χ1n) is 16.6. The van der Waals surface area contributed by atoms with Gasteiger partial charge < -0.3 is 34.5 Å². The molecule has 0 spiro atoms. The molecule has 10 nitrogen and oxygen atoms in total. The first-order chi connectivity index (χ1) is 24.1. The van der Waals surface area contributed by atoms with Gasteiger partial charge in [-0.2, -0.15) is 0 Å². The van der Waals surface area contributed by atoms with Gasteiger partial charge in [0.15, 0.2) is 16.5 Å². The number of aromatic nitrogens is 2. The molecule has 0 radical (unpaired) electrons. The topological polar surface area (TPSA) is 107 Å². The number of rotatable bonds is 11. The van der Waals surface area contributed by atoms with Crippen LogP contribution in [0.15, 0.2) is 78.9 Å². The van der Waals surface area contributed by atoms with E-state index in [1.165, 1.54) is 18.5 Å². The Balaban J connectivity index is 0.917. The number of morpholine rings is 1. The molecule has 8 rings (SSSR count). The maximum atomic E-state index is 13.3. The van der Waals surface area contributed by atoms with Crippen LogP contribution >= 0.6 is 11.3 Å². The Bertz CT molecular complexity index is 1970. The molecule has 2 aliphatic heterocycles. The Morgan fingerprint density at radius 1 is 0.837 bits per heavy atom. The number of benzene rings is 4. The van der Waals surface area contributed by atoms with Gasteiger partial charge in [-0.1, -0.05) is 29.5 Å². The number of methoxy groups -OCH3 is 1. The number of nitrogens with one attached hydrogen (secondary N) is 2. The summed E-state index contributed by atoms with van der Waals surface area (Å²) >= 11 is 1.62. The average Bonchev–Trinajstić information content (AvgIpc) is 3.91. The summed E-state index contributed by atoms with van der Waals surface area (Å²) in [5, 5.41) is 17.1. The van der Waals surface area contributed by atoms with E-state index in [9.17, 15) is 4.79 Å². The molecular weight excluding hydrogens is 639 g/mol. The summed E-state index contributed by atoms with van der Waals surface area (Å²) in [4.78, 5) is 15.6. The molecule has 49 heavy (non-hydrogen) atoms. The third-order valence-corrected chi connectivity index (χ3v) is 10.1. The van der Waals surface area contributed by atoms with Gasteiger partial charge in [-0.25, -0.2) is 0 Å². The molecule has 250 valence electrons. The van der Waals surface area contributed by atoms with Crippen LogP contribution in [-0.2, 0) is 17.8 Å². The second-order valence-corrected chi connectivity index (χ2v) is 13.5. The van der Waals surface area contributed by atoms with Gasteiger partial charge in [0.05, 0.1) is 49.6 Å². The minimum atomic E-state index is -0.163. The van der Waals surface area contributed by atoms with Crippen LogP contribution in [0.3, 0.4) is 0 Å². The number of anilines is 4. The van der Waals surface area contributed by atoms with Crippen molar-refractivity contribution >= 4 is 40.0 Å². The monoisotopic (exact) mass is 675 g/mol. The molecule has 2 N–H and O–H groups in total. The van der Waals surface area contributed by atoms with E-state index in [0.29, 0.717) is 42.6 Å². The smallest absolute Gasteiger partial charge is 0.257 e. The van der Waals surface area contributed by atoms with Crippen LogP contribution in [-0.4, -0.2) is 56.1 Å². The standard InChI is InChI=1S/C38H37N5O5S/c1-45-35-22-27(6-13-34(35)48-23-36-41-42-38(49-36)25-3-4-25)26-5-11-30-32(21-26)39-31-12-2-24(20-33(31)40-37(30)44)14-17-47-29-9-7-28(8-10-29)43-15-18-46-19-16-43/h2,5-13,20-22,25,39H,3-4,14-19,23H2,1H3,(H,40,44). The number of hydrogen-bond donors (Lipinski definition) is 2. The van der Waals surface area contributed by atoms with Crippen molar-refractivity contribution in [3.63, 3.8) is 0 Å². The summed E-state index contributed by atoms with van der Waals surface area (Å²) in [6, 6.07) is 25.9. The molecule has 3 aliphatic rings. The molecule has 3 heterocycles. The van der Waals surface area contributed by atoms with E-state index in [0.717, 1.165) is 75.8 Å². The predicted molar refractivity (Wildman–Crippen MR) is 191 cm³/mol. The van der Waals surface area contributed by atoms with Crippen LogP contribution in [0.25, 0.3) is 11.1 Å². The van der Waals surface area contributed by atoms with E-state index >= 15 is 0 Å². The molecule has 0 atom stereocenters. The van der Waals surface area contributed by atoms with Crippen molar-refractivity contribution in [1.82, 2.24) is 10.2 Å². The maximum absolute atomic E-state index is 13.3. The summed E-state index contributed by atoms with van der Waals surface area (Å²) in [7, 11) is 1.63. The van der Waals surface area contributed by atoms with Crippen molar-refractivity contribution in [3.8, 4) is 28.4 Å². The summed E-state index contributed by atoms with van der Waals surface area (Å²) in [5.74, 6) is 2.51. The highest BCUT2D eigenvalue weighted by molar-refractivity contribution is 7.11. The lowest BCUT2D eigenvalue weighted by Crippen LogP contribution is -2.36. The lowest BCUT2D eigenvalue weighted by molar-refractivity contribution is 0.102. The third-order valence-electron chi connectivity index (χ3n) is 9.00. The van der Waals surface area contributed by atoms with Gasteiger partial charge in [-0.3, -0.25) is 4.79 Å². The van der Waals surface area contributed by atoms with E-state index in [2.05, 4.69) is 43.9 Å². The maximum Gasteiger partial charge on any atom is 0.257 e. The van der Waals surface area contributed by atoms with Gasteiger partial charge in [0, 0.05) is 31.1 Å². The molecule has 1 aromatic heterocycles. The van der Waals surface area contributed by atoms with Crippen LogP contribution in [0, 0.1) is 0 Å². The zero-order valence-corrected chi connectivity index (χ0v) is 28.1. The molecule has 11 heteroatoms. The van der Waals surface area contributed by atoms with E-state index in [-0.39, 0.29) is 5.91 Å². The fourth-order valence-corrected chi connectivity index (χ4v) is 7.03. The fraction of sp³-hybridized carbons (Fsp3) is 0.289. The highest BCUT2D eigenvalue weighted by atomic mass is 32.1. The molecule has 1 saturated heterocycles. The zero-order valence-electron chi connectivity index (χ0n) is 27.2. The van der Waals surface area contributed by atoms with Crippen LogP contribution in [0.2, 0.25) is 0 Å². The largest absolute Gasteiger partial charge is 0.493 e. The van der Waals surface area contributed by atoms with E-state index in [4.69, 9.17) is 18.9 Å². The van der Waals surface area contributed by atoms with E-state index in [1.54, 1.807) is 18.4 Å².